The van der Waals surface area contributed by atoms with Gasteiger partial charge in [0.1, 0.15) is 11.4 Å². The largest absolute Gasteiger partial charge is 0.494 e. The Hall–Kier alpha value is -2.05. The minimum Gasteiger partial charge on any atom is -0.494 e. The Bertz CT molecular complexity index is 525. The molecule has 1 heterocycles. The monoisotopic (exact) mass is 285 g/mol. The Balaban J connectivity index is 2.34. The van der Waals surface area contributed by atoms with E-state index in [0.29, 0.717) is 17.1 Å². The molecule has 0 bridgehead atoms. The zero-order valence-corrected chi connectivity index (χ0v) is 11.2. The highest BCUT2D eigenvalue weighted by atomic mass is 19.3. The van der Waals surface area contributed by atoms with Crippen molar-refractivity contribution < 1.29 is 18.3 Å². The number of rotatable bonds is 3. The Kier molecular flexibility index (Phi) is 3.69. The van der Waals surface area contributed by atoms with Crippen molar-refractivity contribution in [2.45, 2.75) is 18.8 Å². The normalized spacial score (nSPS) is 17.9. The van der Waals surface area contributed by atoms with Crippen molar-refractivity contribution in [1.82, 2.24) is 0 Å². The number of anilines is 2. The fraction of sp³-hybridized carbons (Fsp3) is 0.462. The Morgan fingerprint density at radius 2 is 1.95 bits per heavy atom. The predicted octanol–water partition coefficient (Wildman–Crippen LogP) is 1.61. The van der Waals surface area contributed by atoms with Gasteiger partial charge in [-0.15, -0.1) is 0 Å². The molecule has 1 aromatic carbocycles. The molecule has 1 amide bonds. The summed E-state index contributed by atoms with van der Waals surface area (Å²) in [5.41, 5.74) is 12.2. The molecule has 7 heteroatoms. The number of nitrogens with two attached hydrogens (primary N) is 2. The van der Waals surface area contributed by atoms with Crippen LogP contribution >= 0.6 is 0 Å². The van der Waals surface area contributed by atoms with Crippen molar-refractivity contribution >= 4 is 17.3 Å². The number of carbonyl (C=O) groups is 1. The van der Waals surface area contributed by atoms with Crippen molar-refractivity contribution in [1.29, 1.82) is 0 Å². The molecule has 110 valence electrons. The second-order valence-electron chi connectivity index (χ2n) is 4.82. The number of halogens is 2. The van der Waals surface area contributed by atoms with Crippen LogP contribution in [-0.2, 0) is 0 Å². The number of hydrogen-bond acceptors (Lipinski definition) is 4. The number of methoxy groups -OCH3 is 1. The number of amides is 1. The topological polar surface area (TPSA) is 81.6 Å². The Morgan fingerprint density at radius 3 is 2.45 bits per heavy atom. The minimum atomic E-state index is -2.63. The lowest BCUT2D eigenvalue weighted by Gasteiger charge is -2.34. The molecule has 1 fully saturated rings. The average molecular weight is 285 g/mol. The average Bonchev–Trinajstić information content (AvgIpc) is 2.38. The van der Waals surface area contributed by atoms with E-state index >= 15 is 0 Å². The Morgan fingerprint density at radius 1 is 1.35 bits per heavy atom. The first kappa shape index (κ1) is 14.4. The van der Waals surface area contributed by atoms with Crippen LogP contribution in [0.5, 0.6) is 5.75 Å². The van der Waals surface area contributed by atoms with Gasteiger partial charge in [-0.1, -0.05) is 0 Å². The van der Waals surface area contributed by atoms with Gasteiger partial charge in [0.2, 0.25) is 5.91 Å². The van der Waals surface area contributed by atoms with E-state index in [4.69, 9.17) is 16.2 Å². The van der Waals surface area contributed by atoms with Crippen LogP contribution in [0.1, 0.15) is 23.2 Å². The van der Waals surface area contributed by atoms with Crippen molar-refractivity contribution in [3.63, 3.8) is 0 Å². The van der Waals surface area contributed by atoms with Crippen molar-refractivity contribution in [2.75, 3.05) is 30.8 Å². The maximum Gasteiger partial charge on any atom is 0.251 e. The molecular formula is C13H17F2N3O2. The highest BCUT2D eigenvalue weighted by Crippen LogP contribution is 2.39. The molecule has 0 aromatic heterocycles. The number of primary amides is 1. The van der Waals surface area contributed by atoms with Crippen LogP contribution in [0.15, 0.2) is 12.1 Å². The summed E-state index contributed by atoms with van der Waals surface area (Å²) in [5, 5.41) is 0. The first-order valence-electron chi connectivity index (χ1n) is 6.24. The van der Waals surface area contributed by atoms with Gasteiger partial charge in [0.15, 0.2) is 0 Å². The Labute approximate surface area is 115 Å². The number of carbonyl (C=O) groups excluding carboxylic acids is 1. The molecule has 1 aliphatic rings. The van der Waals surface area contributed by atoms with E-state index in [-0.39, 0.29) is 31.5 Å². The number of piperidine rings is 1. The smallest absolute Gasteiger partial charge is 0.251 e. The van der Waals surface area contributed by atoms with Crippen LogP contribution in [0, 0.1) is 0 Å². The molecule has 1 aromatic rings. The summed E-state index contributed by atoms with van der Waals surface area (Å²) in [4.78, 5) is 12.9. The highest BCUT2D eigenvalue weighted by Gasteiger charge is 2.35. The summed E-state index contributed by atoms with van der Waals surface area (Å²) in [7, 11) is 1.43. The molecule has 20 heavy (non-hydrogen) atoms. The van der Waals surface area contributed by atoms with E-state index in [0.717, 1.165) is 0 Å². The fourth-order valence-electron chi connectivity index (χ4n) is 2.32. The quantitative estimate of drug-likeness (QED) is 0.827. The lowest BCUT2D eigenvalue weighted by molar-refractivity contribution is -0.0221. The van der Waals surface area contributed by atoms with Gasteiger partial charge in [-0.2, -0.15) is 0 Å². The van der Waals surface area contributed by atoms with Gasteiger partial charge in [0, 0.05) is 31.5 Å². The highest BCUT2D eigenvalue weighted by molar-refractivity contribution is 5.96. The number of benzene rings is 1. The van der Waals surface area contributed by atoms with Gasteiger partial charge < -0.3 is 21.1 Å². The molecule has 2 rings (SSSR count). The third-order valence-electron chi connectivity index (χ3n) is 3.42. The first-order chi connectivity index (χ1) is 9.34. The van der Waals surface area contributed by atoms with Gasteiger partial charge in [-0.05, 0) is 12.1 Å². The zero-order chi connectivity index (χ0) is 14.9. The van der Waals surface area contributed by atoms with Crippen molar-refractivity contribution in [3.8, 4) is 5.75 Å². The summed E-state index contributed by atoms with van der Waals surface area (Å²) < 4.78 is 31.6. The summed E-state index contributed by atoms with van der Waals surface area (Å²) in [6.45, 7) is 0.368. The van der Waals surface area contributed by atoms with Crippen LogP contribution in [0.4, 0.5) is 20.2 Å². The van der Waals surface area contributed by atoms with Crippen molar-refractivity contribution in [3.05, 3.63) is 17.7 Å². The summed E-state index contributed by atoms with van der Waals surface area (Å²) >= 11 is 0. The van der Waals surface area contributed by atoms with Gasteiger partial charge in [-0.3, -0.25) is 4.79 Å². The van der Waals surface area contributed by atoms with E-state index in [1.807, 2.05) is 0 Å². The molecule has 0 unspecified atom stereocenters. The minimum absolute atomic E-state index is 0.184. The number of alkyl halides is 2. The number of nitrogen functional groups attached to an aromatic ring is 1. The van der Waals surface area contributed by atoms with Gasteiger partial charge in [0.25, 0.3) is 5.92 Å². The molecule has 0 spiro atoms. The number of hydrogen-bond donors (Lipinski definition) is 2. The van der Waals surface area contributed by atoms with Gasteiger partial charge in [0.05, 0.1) is 12.8 Å². The molecule has 0 atom stereocenters. The molecule has 0 aliphatic carbocycles. The third-order valence-corrected chi connectivity index (χ3v) is 3.42. The molecule has 1 saturated heterocycles. The second-order valence-corrected chi connectivity index (χ2v) is 4.82. The van der Waals surface area contributed by atoms with E-state index in [2.05, 4.69) is 0 Å². The lowest BCUT2D eigenvalue weighted by Crippen LogP contribution is -2.39. The van der Waals surface area contributed by atoms with E-state index in [9.17, 15) is 13.6 Å². The van der Waals surface area contributed by atoms with E-state index in [1.54, 1.807) is 4.90 Å². The van der Waals surface area contributed by atoms with Crippen LogP contribution < -0.4 is 21.1 Å². The van der Waals surface area contributed by atoms with Crippen molar-refractivity contribution in [2.24, 2.45) is 5.73 Å². The molecule has 0 saturated carbocycles. The summed E-state index contributed by atoms with van der Waals surface area (Å²) in [6, 6.07) is 2.91. The van der Waals surface area contributed by atoms with Gasteiger partial charge in [-0.25, -0.2) is 8.78 Å². The molecule has 1 aliphatic heterocycles. The maximum atomic E-state index is 13.2. The van der Waals surface area contributed by atoms with E-state index < -0.39 is 11.8 Å². The second kappa shape index (κ2) is 5.15. The van der Waals surface area contributed by atoms with Gasteiger partial charge >= 0.3 is 0 Å². The van der Waals surface area contributed by atoms with Crippen LogP contribution in [0.3, 0.4) is 0 Å². The standard InChI is InChI=1S/C13H17F2N3O2/c1-20-10-7-8(12(17)19)6-9(16)11(10)18-4-2-13(14,15)3-5-18/h6-7H,2-5,16H2,1H3,(H2,17,19). The van der Waals surface area contributed by atoms with Crippen LogP contribution in [-0.4, -0.2) is 32.0 Å². The number of nitrogens with zero attached hydrogens (tertiary/aromatic N) is 1. The zero-order valence-electron chi connectivity index (χ0n) is 11.2. The molecule has 4 N–H and O–H groups in total. The van der Waals surface area contributed by atoms with Crippen LogP contribution in [0.2, 0.25) is 0 Å². The molecule has 0 radical (unpaired) electrons. The SMILES string of the molecule is COc1cc(C(N)=O)cc(N)c1N1CCC(F)(F)CC1. The lowest BCUT2D eigenvalue weighted by atomic mass is 10.0. The molecular weight excluding hydrogens is 268 g/mol. The fourth-order valence-corrected chi connectivity index (χ4v) is 2.32. The number of ether oxygens (including phenoxy) is 1. The first-order valence-corrected chi connectivity index (χ1v) is 6.24. The maximum absolute atomic E-state index is 13.2. The summed E-state index contributed by atoms with van der Waals surface area (Å²) in [5.74, 6) is -2.89. The third kappa shape index (κ3) is 2.76. The summed E-state index contributed by atoms with van der Waals surface area (Å²) in [6.07, 6.45) is -0.458. The van der Waals surface area contributed by atoms with E-state index in [1.165, 1.54) is 19.2 Å². The predicted molar refractivity (Wildman–Crippen MR) is 72.3 cm³/mol. The van der Waals surface area contributed by atoms with Crippen LogP contribution in [0.25, 0.3) is 0 Å². The molecule has 5 nitrogen and oxygen atoms in total.